The number of oxime groups is 1. The molecule has 4 rings (SSSR count). The number of benzene rings is 2. The highest BCUT2D eigenvalue weighted by molar-refractivity contribution is 8.18. The first-order valence-electron chi connectivity index (χ1n) is 10.3. The van der Waals surface area contributed by atoms with Crippen LogP contribution in [0, 0.1) is 0 Å². The average Bonchev–Trinajstić information content (AvgIpc) is 3.25. The highest BCUT2D eigenvalue weighted by atomic mass is 32.2. The molecule has 8 heteroatoms. The Morgan fingerprint density at radius 1 is 1.12 bits per heavy atom. The number of aromatic nitrogens is 1. The number of aliphatic imine (C=N–C) groups is 1. The van der Waals surface area contributed by atoms with E-state index in [1.54, 1.807) is 19.0 Å². The summed E-state index contributed by atoms with van der Waals surface area (Å²) < 4.78 is 2.26. The summed E-state index contributed by atoms with van der Waals surface area (Å²) in [4.78, 5) is 34.8. The standard InChI is InChI=1S/C24H24N4O3S/c1-6-28-20-9-7-16(12-22-23(30)27(5)24(25-4)32-22)11-18(20)19-13-17(8-10-21(19)28)14(2)26-31-15(3)29/h7-13H,6H2,1-5H3/b22-12-,25-24?,26-14+. The van der Waals surface area contributed by atoms with E-state index in [9.17, 15) is 9.59 Å². The lowest BCUT2D eigenvalue weighted by atomic mass is 10.0. The molecule has 7 nitrogen and oxygen atoms in total. The maximum Gasteiger partial charge on any atom is 0.331 e. The summed E-state index contributed by atoms with van der Waals surface area (Å²) in [5, 5.41) is 6.78. The normalized spacial score (nSPS) is 17.3. The van der Waals surface area contributed by atoms with E-state index in [1.165, 1.54) is 18.7 Å². The van der Waals surface area contributed by atoms with Crippen LogP contribution in [0.15, 0.2) is 51.5 Å². The van der Waals surface area contributed by atoms with Crippen molar-refractivity contribution >= 4 is 62.4 Å². The van der Waals surface area contributed by atoms with Crippen LogP contribution >= 0.6 is 11.8 Å². The average molecular weight is 449 g/mol. The highest BCUT2D eigenvalue weighted by Gasteiger charge is 2.29. The largest absolute Gasteiger partial charge is 0.341 e. The van der Waals surface area contributed by atoms with Crippen molar-refractivity contribution in [2.45, 2.75) is 27.3 Å². The van der Waals surface area contributed by atoms with Crippen LogP contribution in [0.1, 0.15) is 31.9 Å². The zero-order valence-corrected chi connectivity index (χ0v) is 19.5. The van der Waals surface area contributed by atoms with Crippen LogP contribution in [0.4, 0.5) is 0 Å². The molecule has 0 unspecified atom stereocenters. The lowest BCUT2D eigenvalue weighted by Crippen LogP contribution is -2.23. The Bertz CT molecular complexity index is 1350. The number of aryl methyl sites for hydroxylation is 1. The van der Waals surface area contributed by atoms with Gasteiger partial charge in [0.1, 0.15) is 0 Å². The summed E-state index contributed by atoms with van der Waals surface area (Å²) in [6.07, 6.45) is 1.91. The molecular weight excluding hydrogens is 424 g/mol. The second-order valence-electron chi connectivity index (χ2n) is 7.49. The van der Waals surface area contributed by atoms with Gasteiger partial charge in [0.2, 0.25) is 0 Å². The molecule has 1 aromatic heterocycles. The topological polar surface area (TPSA) is 76.3 Å². The maximum atomic E-state index is 12.5. The van der Waals surface area contributed by atoms with Gasteiger partial charge >= 0.3 is 5.97 Å². The third-order valence-corrected chi connectivity index (χ3v) is 6.58. The molecule has 3 aromatic rings. The number of likely N-dealkylation sites (N-methyl/N-ethyl adjacent to an activating group) is 1. The molecule has 0 radical (unpaired) electrons. The molecule has 2 heterocycles. The Balaban J connectivity index is 1.84. The molecule has 0 bridgehead atoms. The lowest BCUT2D eigenvalue weighted by Gasteiger charge is -2.05. The fraction of sp³-hybridized carbons (Fsp3) is 0.250. The number of fused-ring (bicyclic) bond motifs is 3. The number of amidine groups is 1. The van der Waals surface area contributed by atoms with Crippen LogP contribution in [0.3, 0.4) is 0 Å². The number of carbonyl (C=O) groups excluding carboxylic acids is 2. The van der Waals surface area contributed by atoms with Crippen molar-refractivity contribution in [3.8, 4) is 0 Å². The van der Waals surface area contributed by atoms with Gasteiger partial charge in [-0.1, -0.05) is 17.3 Å². The van der Waals surface area contributed by atoms with Crippen molar-refractivity contribution in [1.82, 2.24) is 9.47 Å². The Labute approximate surface area is 190 Å². The van der Waals surface area contributed by atoms with E-state index in [1.807, 2.05) is 25.1 Å². The Morgan fingerprint density at radius 3 is 2.44 bits per heavy atom. The molecule has 0 spiro atoms. The molecular formula is C24H24N4O3S. The highest BCUT2D eigenvalue weighted by Crippen LogP contribution is 2.34. The number of nitrogens with zero attached hydrogens (tertiary/aromatic N) is 4. The van der Waals surface area contributed by atoms with E-state index >= 15 is 0 Å². The third-order valence-electron chi connectivity index (χ3n) is 5.43. The number of rotatable bonds is 4. The summed E-state index contributed by atoms with van der Waals surface area (Å²) in [7, 11) is 3.42. The number of thioether (sulfide) groups is 1. The van der Waals surface area contributed by atoms with Crippen molar-refractivity contribution in [1.29, 1.82) is 0 Å². The fourth-order valence-corrected chi connectivity index (χ4v) is 4.79. The molecule has 1 amide bonds. The van der Waals surface area contributed by atoms with E-state index in [0.717, 1.165) is 39.5 Å². The van der Waals surface area contributed by atoms with Gasteiger partial charge in [-0.25, -0.2) is 4.79 Å². The SMILES string of the molecule is CCn1c2ccc(/C=C3\SC(=NC)N(C)C3=O)cc2c2cc(/C(C)=N/OC(C)=O)ccc21. The zero-order chi connectivity index (χ0) is 23.0. The van der Waals surface area contributed by atoms with E-state index in [2.05, 4.69) is 45.9 Å². The Morgan fingerprint density at radius 2 is 1.81 bits per heavy atom. The van der Waals surface area contributed by atoms with Crippen LogP contribution in [0.25, 0.3) is 27.9 Å². The molecule has 2 aromatic carbocycles. The van der Waals surface area contributed by atoms with Gasteiger partial charge in [0, 0.05) is 49.4 Å². The fourth-order valence-electron chi connectivity index (χ4n) is 3.86. The number of amides is 1. The van der Waals surface area contributed by atoms with Crippen molar-refractivity contribution < 1.29 is 14.4 Å². The van der Waals surface area contributed by atoms with Crippen LogP contribution in [-0.4, -0.2) is 46.3 Å². The molecule has 1 fully saturated rings. The van der Waals surface area contributed by atoms with Crippen molar-refractivity contribution in [2.75, 3.05) is 14.1 Å². The van der Waals surface area contributed by atoms with E-state index in [4.69, 9.17) is 4.84 Å². The van der Waals surface area contributed by atoms with Crippen LogP contribution in [0.5, 0.6) is 0 Å². The van der Waals surface area contributed by atoms with E-state index in [0.29, 0.717) is 15.8 Å². The van der Waals surface area contributed by atoms with E-state index < -0.39 is 5.97 Å². The van der Waals surface area contributed by atoms with Crippen molar-refractivity contribution in [2.24, 2.45) is 10.1 Å². The monoisotopic (exact) mass is 448 g/mol. The second-order valence-corrected chi connectivity index (χ2v) is 8.50. The molecule has 0 aliphatic carbocycles. The van der Waals surface area contributed by atoms with Gasteiger partial charge in [-0.3, -0.25) is 14.7 Å². The summed E-state index contributed by atoms with van der Waals surface area (Å²) in [6.45, 7) is 6.08. The van der Waals surface area contributed by atoms with Gasteiger partial charge in [-0.15, -0.1) is 0 Å². The third kappa shape index (κ3) is 3.82. The molecule has 32 heavy (non-hydrogen) atoms. The van der Waals surface area contributed by atoms with Crippen LogP contribution < -0.4 is 0 Å². The first-order chi connectivity index (χ1) is 15.3. The Kier molecular flexibility index (Phi) is 5.88. The van der Waals surface area contributed by atoms with E-state index in [-0.39, 0.29) is 5.91 Å². The first kappa shape index (κ1) is 21.8. The number of carbonyl (C=O) groups is 2. The minimum Gasteiger partial charge on any atom is -0.341 e. The summed E-state index contributed by atoms with van der Waals surface area (Å²) >= 11 is 1.38. The summed E-state index contributed by atoms with van der Waals surface area (Å²) in [6, 6.07) is 12.3. The smallest absolute Gasteiger partial charge is 0.331 e. The van der Waals surface area contributed by atoms with Crippen LogP contribution in [-0.2, 0) is 21.0 Å². The second kappa shape index (κ2) is 8.63. The molecule has 1 aliphatic rings. The Hall–Kier alpha value is -3.39. The predicted molar refractivity (Wildman–Crippen MR) is 131 cm³/mol. The lowest BCUT2D eigenvalue weighted by molar-refractivity contribution is -0.140. The minimum atomic E-state index is -0.452. The molecule has 1 saturated heterocycles. The molecule has 0 saturated carbocycles. The first-order valence-corrected chi connectivity index (χ1v) is 11.1. The summed E-state index contributed by atoms with van der Waals surface area (Å²) in [5.74, 6) is -0.502. The van der Waals surface area contributed by atoms with Crippen molar-refractivity contribution in [3.05, 3.63) is 52.4 Å². The minimum absolute atomic E-state index is 0.0497. The zero-order valence-electron chi connectivity index (χ0n) is 18.7. The van der Waals surface area contributed by atoms with Gasteiger partial charge in [0.15, 0.2) is 5.17 Å². The summed E-state index contributed by atoms with van der Waals surface area (Å²) in [5.41, 5.74) is 4.69. The van der Waals surface area contributed by atoms with Crippen molar-refractivity contribution in [3.63, 3.8) is 0 Å². The van der Waals surface area contributed by atoms with Gasteiger partial charge in [0.25, 0.3) is 5.91 Å². The van der Waals surface area contributed by atoms with Gasteiger partial charge < -0.3 is 9.40 Å². The number of hydrogen-bond donors (Lipinski definition) is 0. The van der Waals surface area contributed by atoms with Gasteiger partial charge in [-0.2, -0.15) is 0 Å². The number of hydrogen-bond acceptors (Lipinski definition) is 6. The molecule has 0 atom stereocenters. The molecule has 164 valence electrons. The quantitative estimate of drug-likeness (QED) is 0.252. The molecule has 1 aliphatic heterocycles. The predicted octanol–water partition coefficient (Wildman–Crippen LogP) is 4.63. The van der Waals surface area contributed by atoms with Gasteiger partial charge in [0.05, 0.1) is 10.6 Å². The van der Waals surface area contributed by atoms with Crippen LogP contribution in [0.2, 0.25) is 0 Å². The van der Waals surface area contributed by atoms with Gasteiger partial charge in [-0.05, 0) is 67.1 Å². The molecule has 0 N–H and O–H groups in total. The maximum absolute atomic E-state index is 12.5.